The van der Waals surface area contributed by atoms with E-state index in [0.29, 0.717) is 0 Å². The molecule has 0 spiro atoms. The second kappa shape index (κ2) is 5.60. The Morgan fingerprint density at radius 3 is 2.57 bits per heavy atom. The second-order valence-electron chi connectivity index (χ2n) is 2.58. The van der Waals surface area contributed by atoms with Crippen LogP contribution in [0.5, 0.6) is 0 Å². The summed E-state index contributed by atoms with van der Waals surface area (Å²) in [7, 11) is 0. The number of rotatable bonds is 2. The van der Waals surface area contributed by atoms with E-state index in [-0.39, 0.29) is 24.6 Å². The van der Waals surface area contributed by atoms with E-state index in [9.17, 15) is 4.39 Å². The Balaban J connectivity index is 0.00000169. The van der Waals surface area contributed by atoms with Crippen LogP contribution in [0.1, 0.15) is 17.2 Å². The summed E-state index contributed by atoms with van der Waals surface area (Å²) >= 11 is 0. The summed E-state index contributed by atoms with van der Waals surface area (Å²) in [5.41, 5.74) is 0.335. The van der Waals surface area contributed by atoms with Crippen LogP contribution in [0, 0.1) is 17.1 Å². The molecule has 1 aromatic carbocycles. The van der Waals surface area contributed by atoms with E-state index in [0.717, 1.165) is 12.1 Å². The Kier molecular flexibility index (Phi) is 5.16. The van der Waals surface area contributed by atoms with Crippen LogP contribution >= 0.6 is 13.5 Å². The van der Waals surface area contributed by atoms with Gasteiger partial charge < -0.3 is 10.2 Å². The van der Waals surface area contributed by atoms with Crippen LogP contribution < -0.4 is 0 Å². The van der Waals surface area contributed by atoms with Gasteiger partial charge in [0, 0.05) is 0 Å². The highest BCUT2D eigenvalue weighted by Gasteiger charge is 2.08. The van der Waals surface area contributed by atoms with Crippen molar-refractivity contribution in [3.8, 4) is 6.07 Å². The molecule has 1 atom stereocenters. The maximum absolute atomic E-state index is 12.8. The maximum atomic E-state index is 12.8. The summed E-state index contributed by atoms with van der Waals surface area (Å²) < 4.78 is 12.8. The summed E-state index contributed by atoms with van der Waals surface area (Å²) in [6.45, 7) is -0.492. The maximum Gasteiger partial charge on any atom is 0.124 e. The second-order valence-corrected chi connectivity index (χ2v) is 2.58. The third kappa shape index (κ3) is 3.00. The molecule has 0 unspecified atom stereocenters. The van der Waals surface area contributed by atoms with Gasteiger partial charge in [0.1, 0.15) is 11.9 Å². The minimum atomic E-state index is -1.14. The Morgan fingerprint density at radius 2 is 2.07 bits per heavy atom. The van der Waals surface area contributed by atoms with Gasteiger partial charge in [-0.05, 0) is 23.8 Å². The highest BCUT2D eigenvalue weighted by atomic mass is 32.1. The van der Waals surface area contributed by atoms with Crippen molar-refractivity contribution in [1.82, 2.24) is 0 Å². The lowest BCUT2D eigenvalue weighted by atomic mass is 10.1. The van der Waals surface area contributed by atoms with Gasteiger partial charge in [-0.1, -0.05) is 0 Å². The summed E-state index contributed by atoms with van der Waals surface area (Å²) in [6.07, 6.45) is -1.14. The highest BCUT2D eigenvalue weighted by molar-refractivity contribution is 7.59. The first-order valence-electron chi connectivity index (χ1n) is 3.67. The Hall–Kier alpha value is -1.09. The monoisotopic (exact) mass is 215 g/mol. The van der Waals surface area contributed by atoms with Crippen molar-refractivity contribution in [1.29, 1.82) is 5.26 Å². The minimum absolute atomic E-state index is 0. The molecule has 1 aromatic rings. The van der Waals surface area contributed by atoms with E-state index < -0.39 is 18.5 Å². The van der Waals surface area contributed by atoms with E-state index in [4.69, 9.17) is 15.5 Å². The molecule has 0 aromatic heterocycles. The van der Waals surface area contributed by atoms with Crippen LogP contribution in [0.4, 0.5) is 4.39 Å². The van der Waals surface area contributed by atoms with Crippen LogP contribution in [0.2, 0.25) is 0 Å². The molecule has 2 N–H and O–H groups in total. The quantitative estimate of drug-likeness (QED) is 0.768. The lowest BCUT2D eigenvalue weighted by molar-refractivity contribution is 0.0953. The van der Waals surface area contributed by atoms with Crippen LogP contribution in [0.25, 0.3) is 0 Å². The molecule has 3 nitrogen and oxygen atoms in total. The van der Waals surface area contributed by atoms with Crippen molar-refractivity contribution in [2.45, 2.75) is 6.10 Å². The van der Waals surface area contributed by atoms with E-state index in [1.165, 1.54) is 6.07 Å². The standard InChI is InChI=1S/C9H8FNO2.H2S/c10-8-2-6(4-11)1-7(3-8)9(13)5-12;/h1-3,9,12-13H,5H2;1H2/t9-;/m1./s1. The first-order chi connectivity index (χ1) is 6.17. The molecule has 0 heterocycles. The molecule has 0 aliphatic heterocycles. The first-order valence-corrected chi connectivity index (χ1v) is 3.67. The Bertz CT molecular complexity index is 351. The van der Waals surface area contributed by atoms with Gasteiger partial charge in [0.25, 0.3) is 0 Å². The largest absolute Gasteiger partial charge is 0.393 e. The van der Waals surface area contributed by atoms with Gasteiger partial charge in [0.05, 0.1) is 18.2 Å². The fourth-order valence-electron chi connectivity index (χ4n) is 0.975. The van der Waals surface area contributed by atoms with Gasteiger partial charge in [-0.2, -0.15) is 18.8 Å². The lowest BCUT2D eigenvalue weighted by Crippen LogP contribution is -2.03. The summed E-state index contributed by atoms with van der Waals surface area (Å²) in [4.78, 5) is 0. The number of benzene rings is 1. The molecular formula is C9H10FNO2S. The van der Waals surface area contributed by atoms with Gasteiger partial charge in [-0.3, -0.25) is 0 Å². The van der Waals surface area contributed by atoms with Gasteiger partial charge in [-0.15, -0.1) is 0 Å². The predicted molar refractivity (Wildman–Crippen MR) is 53.5 cm³/mol. The highest BCUT2D eigenvalue weighted by Crippen LogP contribution is 2.15. The molecule has 76 valence electrons. The summed E-state index contributed by atoms with van der Waals surface area (Å²) in [6, 6.07) is 5.24. The first kappa shape index (κ1) is 12.9. The Labute approximate surface area is 87.9 Å². The van der Waals surface area contributed by atoms with Gasteiger partial charge in [0.15, 0.2) is 0 Å². The van der Waals surface area contributed by atoms with Gasteiger partial charge in [-0.25, -0.2) is 4.39 Å². The number of nitrogens with zero attached hydrogens (tertiary/aromatic N) is 1. The summed E-state index contributed by atoms with van der Waals surface area (Å²) in [5, 5.41) is 26.2. The van der Waals surface area contributed by atoms with Crippen molar-refractivity contribution in [3.63, 3.8) is 0 Å². The molecule has 0 saturated carbocycles. The van der Waals surface area contributed by atoms with Crippen LogP contribution in [0.3, 0.4) is 0 Å². The molecule has 0 amide bonds. The van der Waals surface area contributed by atoms with Crippen molar-refractivity contribution in [2.75, 3.05) is 6.61 Å². The number of hydrogen-bond acceptors (Lipinski definition) is 3. The molecule has 5 heteroatoms. The van der Waals surface area contributed by atoms with Crippen molar-refractivity contribution < 1.29 is 14.6 Å². The molecule has 14 heavy (non-hydrogen) atoms. The van der Waals surface area contributed by atoms with Crippen LogP contribution in [0.15, 0.2) is 18.2 Å². The predicted octanol–water partition coefficient (Wildman–Crippen LogP) is 0.836. The smallest absolute Gasteiger partial charge is 0.124 e. The molecule has 0 fully saturated rings. The van der Waals surface area contributed by atoms with Gasteiger partial charge in [0.2, 0.25) is 0 Å². The van der Waals surface area contributed by atoms with Crippen molar-refractivity contribution in [2.24, 2.45) is 0 Å². The van der Waals surface area contributed by atoms with Crippen LogP contribution in [-0.4, -0.2) is 16.8 Å². The fraction of sp³-hybridized carbons (Fsp3) is 0.222. The molecule has 0 aliphatic rings. The zero-order valence-electron chi connectivity index (χ0n) is 7.24. The van der Waals surface area contributed by atoms with E-state index in [2.05, 4.69) is 0 Å². The normalized spacial score (nSPS) is 11.3. The zero-order valence-corrected chi connectivity index (χ0v) is 8.24. The van der Waals surface area contributed by atoms with Crippen LogP contribution in [-0.2, 0) is 0 Å². The molecule has 1 rings (SSSR count). The minimum Gasteiger partial charge on any atom is -0.393 e. The van der Waals surface area contributed by atoms with E-state index >= 15 is 0 Å². The molecular weight excluding hydrogens is 205 g/mol. The Morgan fingerprint density at radius 1 is 1.43 bits per heavy atom. The molecule has 0 radical (unpaired) electrons. The average molecular weight is 215 g/mol. The number of aliphatic hydroxyl groups is 2. The fourth-order valence-corrected chi connectivity index (χ4v) is 0.975. The molecule has 0 bridgehead atoms. The number of nitriles is 1. The number of halogens is 1. The lowest BCUT2D eigenvalue weighted by Gasteiger charge is -2.07. The SMILES string of the molecule is N#Cc1cc(F)cc([C@H](O)CO)c1.S. The van der Waals surface area contributed by atoms with Crippen molar-refractivity contribution in [3.05, 3.63) is 35.1 Å². The average Bonchev–Trinajstić information content (AvgIpc) is 2.15. The molecule has 0 aliphatic carbocycles. The van der Waals surface area contributed by atoms with E-state index in [1.54, 1.807) is 6.07 Å². The zero-order chi connectivity index (χ0) is 9.84. The summed E-state index contributed by atoms with van der Waals surface area (Å²) in [5.74, 6) is -0.596. The molecule has 0 saturated heterocycles. The third-order valence-corrected chi connectivity index (χ3v) is 1.61. The van der Waals surface area contributed by atoms with Gasteiger partial charge >= 0.3 is 0 Å². The number of hydrogen-bond donors (Lipinski definition) is 2. The van der Waals surface area contributed by atoms with Crippen molar-refractivity contribution >= 4 is 13.5 Å². The third-order valence-electron chi connectivity index (χ3n) is 1.61. The number of aliphatic hydroxyl groups excluding tert-OH is 2. The van der Waals surface area contributed by atoms with E-state index in [1.807, 2.05) is 0 Å². The topological polar surface area (TPSA) is 64.2 Å².